The van der Waals surface area contributed by atoms with Crippen LogP contribution in [0.5, 0.6) is 0 Å². The molecule has 0 aliphatic heterocycles. The molecular weight excluding hydrogens is 316 g/mol. The summed E-state index contributed by atoms with van der Waals surface area (Å²) in [6, 6.07) is 4.60. The summed E-state index contributed by atoms with van der Waals surface area (Å²) in [5, 5.41) is 14.4. The Labute approximate surface area is 137 Å². The minimum Gasteiger partial charge on any atom is -0.480 e. The summed E-state index contributed by atoms with van der Waals surface area (Å²) in [6.07, 6.45) is 3.34. The number of carboxylic acids is 1. The van der Waals surface area contributed by atoms with Gasteiger partial charge in [-0.1, -0.05) is 6.07 Å². The Morgan fingerprint density at radius 2 is 2.22 bits per heavy atom. The molecule has 1 unspecified atom stereocenters. The number of aliphatic carboxylic acids is 1. The van der Waals surface area contributed by atoms with Crippen molar-refractivity contribution in [2.75, 3.05) is 5.32 Å². The van der Waals surface area contributed by atoms with Crippen LogP contribution < -0.4 is 5.32 Å². The zero-order chi connectivity index (χ0) is 16.4. The molecule has 0 aromatic carbocycles. The first-order valence-corrected chi connectivity index (χ1v) is 8.13. The van der Waals surface area contributed by atoms with Crippen molar-refractivity contribution in [1.82, 2.24) is 14.9 Å². The molecule has 1 saturated carbocycles. The molecule has 0 saturated heterocycles. The first-order chi connectivity index (χ1) is 11.1. The van der Waals surface area contributed by atoms with Gasteiger partial charge in [-0.2, -0.15) is 0 Å². The Hall–Kier alpha value is -2.48. The number of carboxylic acid groups (broad SMARTS) is 1. The topological polar surface area (TPSA) is 95.4 Å². The maximum absolute atomic E-state index is 12.6. The highest BCUT2D eigenvalue weighted by Crippen LogP contribution is 2.31. The van der Waals surface area contributed by atoms with Crippen molar-refractivity contribution in [2.45, 2.75) is 31.8 Å². The summed E-state index contributed by atoms with van der Waals surface area (Å²) in [5.41, 5.74) is 0.258. The van der Waals surface area contributed by atoms with E-state index in [0.29, 0.717) is 10.9 Å². The van der Waals surface area contributed by atoms with Crippen LogP contribution in [0.15, 0.2) is 29.8 Å². The maximum Gasteiger partial charge on any atom is 0.326 e. The molecule has 1 aliphatic carbocycles. The van der Waals surface area contributed by atoms with Crippen LogP contribution in [0.4, 0.5) is 10.9 Å². The Morgan fingerprint density at radius 3 is 2.83 bits per heavy atom. The van der Waals surface area contributed by atoms with E-state index in [9.17, 15) is 14.7 Å². The number of aromatic nitrogens is 2. The summed E-state index contributed by atoms with van der Waals surface area (Å²) in [7, 11) is 0. The predicted octanol–water partition coefficient (Wildman–Crippen LogP) is 2.36. The van der Waals surface area contributed by atoms with Crippen LogP contribution in [0.1, 0.15) is 30.3 Å². The zero-order valence-electron chi connectivity index (χ0n) is 12.5. The molecule has 0 radical (unpaired) electrons. The van der Waals surface area contributed by atoms with E-state index in [2.05, 4.69) is 15.3 Å². The Bertz CT molecular complexity index is 715. The molecule has 2 aromatic heterocycles. The summed E-state index contributed by atoms with van der Waals surface area (Å²) >= 11 is 1.29. The monoisotopic (exact) mass is 332 g/mol. The Kier molecular flexibility index (Phi) is 4.24. The zero-order valence-corrected chi connectivity index (χ0v) is 13.3. The highest BCUT2D eigenvalue weighted by atomic mass is 32.1. The van der Waals surface area contributed by atoms with Gasteiger partial charge in [0.15, 0.2) is 5.13 Å². The number of amides is 1. The van der Waals surface area contributed by atoms with Crippen LogP contribution in [-0.4, -0.2) is 43.9 Å². The van der Waals surface area contributed by atoms with Gasteiger partial charge in [-0.25, -0.2) is 14.8 Å². The average Bonchev–Trinajstić information content (AvgIpc) is 3.26. The molecule has 1 atom stereocenters. The van der Waals surface area contributed by atoms with Gasteiger partial charge in [0.1, 0.15) is 17.6 Å². The van der Waals surface area contributed by atoms with Crippen molar-refractivity contribution < 1.29 is 14.7 Å². The van der Waals surface area contributed by atoms with E-state index in [1.807, 2.05) is 12.1 Å². The quantitative estimate of drug-likeness (QED) is 0.843. The first-order valence-electron chi connectivity index (χ1n) is 7.25. The molecule has 8 heteroatoms. The highest BCUT2D eigenvalue weighted by molar-refractivity contribution is 7.14. The predicted molar refractivity (Wildman–Crippen MR) is 85.9 cm³/mol. The normalized spacial score (nSPS) is 15.0. The van der Waals surface area contributed by atoms with Crippen LogP contribution >= 0.6 is 11.3 Å². The standard InChI is InChI=1S/C15H16N4O3S/c1-9(14(21)22)19(10-5-6-10)13(20)11-8-23-15(17-11)18-12-4-2-3-7-16-12/h2-4,7-10H,5-6H2,1H3,(H,21,22)(H,16,17,18). The smallest absolute Gasteiger partial charge is 0.326 e. The third-order valence-electron chi connectivity index (χ3n) is 3.57. The second-order valence-electron chi connectivity index (χ2n) is 5.34. The van der Waals surface area contributed by atoms with Crippen molar-refractivity contribution in [3.05, 3.63) is 35.5 Å². The maximum atomic E-state index is 12.6. The van der Waals surface area contributed by atoms with Gasteiger partial charge < -0.3 is 15.3 Å². The molecule has 1 fully saturated rings. The molecule has 3 rings (SSSR count). The fourth-order valence-corrected chi connectivity index (χ4v) is 2.93. The van der Waals surface area contributed by atoms with Crippen molar-refractivity contribution in [3.63, 3.8) is 0 Å². The van der Waals surface area contributed by atoms with Gasteiger partial charge in [0.2, 0.25) is 0 Å². The van der Waals surface area contributed by atoms with E-state index in [4.69, 9.17) is 0 Å². The van der Waals surface area contributed by atoms with Crippen LogP contribution in [0, 0.1) is 0 Å². The molecule has 0 bridgehead atoms. The minimum atomic E-state index is -1.01. The number of carbonyl (C=O) groups is 2. The van der Waals surface area contributed by atoms with Gasteiger partial charge in [0.25, 0.3) is 5.91 Å². The highest BCUT2D eigenvalue weighted by Gasteiger charge is 2.39. The summed E-state index contributed by atoms with van der Waals surface area (Å²) in [4.78, 5) is 33.6. The molecule has 1 aliphatic rings. The molecule has 2 N–H and O–H groups in total. The number of nitrogens with one attached hydrogen (secondary N) is 1. The van der Waals surface area contributed by atoms with E-state index >= 15 is 0 Å². The second kappa shape index (κ2) is 6.33. The molecule has 120 valence electrons. The van der Waals surface area contributed by atoms with Gasteiger partial charge in [-0.3, -0.25) is 4.79 Å². The van der Waals surface area contributed by atoms with E-state index < -0.39 is 12.0 Å². The summed E-state index contributed by atoms with van der Waals surface area (Å²) in [6.45, 7) is 1.53. The third-order valence-corrected chi connectivity index (χ3v) is 4.33. The van der Waals surface area contributed by atoms with E-state index in [0.717, 1.165) is 12.8 Å². The number of anilines is 2. The summed E-state index contributed by atoms with van der Waals surface area (Å²) in [5.74, 6) is -0.709. The SMILES string of the molecule is CC(C(=O)O)N(C(=O)c1csc(Nc2ccccn2)n1)C1CC1. The number of hydrogen-bond acceptors (Lipinski definition) is 6. The van der Waals surface area contributed by atoms with Crippen LogP contribution in [0.2, 0.25) is 0 Å². The van der Waals surface area contributed by atoms with Gasteiger partial charge in [0.05, 0.1) is 0 Å². The average molecular weight is 332 g/mol. The van der Waals surface area contributed by atoms with Gasteiger partial charge in [0, 0.05) is 17.6 Å². The lowest BCUT2D eigenvalue weighted by Crippen LogP contribution is -2.44. The van der Waals surface area contributed by atoms with Gasteiger partial charge in [-0.15, -0.1) is 11.3 Å². The third kappa shape index (κ3) is 3.48. The van der Waals surface area contributed by atoms with Crippen molar-refractivity contribution in [3.8, 4) is 0 Å². The lowest BCUT2D eigenvalue weighted by atomic mass is 10.2. The fourth-order valence-electron chi connectivity index (χ4n) is 2.24. The number of hydrogen-bond donors (Lipinski definition) is 2. The minimum absolute atomic E-state index is 0.00231. The van der Waals surface area contributed by atoms with Crippen molar-refractivity contribution in [2.24, 2.45) is 0 Å². The van der Waals surface area contributed by atoms with Crippen molar-refractivity contribution >= 4 is 34.2 Å². The number of thiazole rings is 1. The summed E-state index contributed by atoms with van der Waals surface area (Å²) < 4.78 is 0. The molecule has 0 spiro atoms. The van der Waals surface area contributed by atoms with Crippen LogP contribution in [-0.2, 0) is 4.79 Å². The van der Waals surface area contributed by atoms with Crippen LogP contribution in [0.3, 0.4) is 0 Å². The molecule has 2 aromatic rings. The fraction of sp³-hybridized carbons (Fsp3) is 0.333. The number of pyridine rings is 1. The Balaban J connectivity index is 1.76. The van der Waals surface area contributed by atoms with E-state index in [-0.39, 0.29) is 17.6 Å². The molecule has 1 amide bonds. The lowest BCUT2D eigenvalue weighted by molar-refractivity contribution is -0.141. The largest absolute Gasteiger partial charge is 0.480 e. The molecule has 23 heavy (non-hydrogen) atoms. The van der Waals surface area contributed by atoms with Gasteiger partial charge in [-0.05, 0) is 31.9 Å². The van der Waals surface area contributed by atoms with E-state index in [1.165, 1.54) is 23.2 Å². The molecule has 2 heterocycles. The second-order valence-corrected chi connectivity index (χ2v) is 6.19. The molecule has 7 nitrogen and oxygen atoms in total. The van der Waals surface area contributed by atoms with Gasteiger partial charge >= 0.3 is 5.97 Å². The number of rotatable bonds is 6. The first kappa shape index (κ1) is 15.4. The number of nitrogens with zero attached hydrogens (tertiary/aromatic N) is 3. The Morgan fingerprint density at radius 1 is 1.43 bits per heavy atom. The van der Waals surface area contributed by atoms with Crippen LogP contribution in [0.25, 0.3) is 0 Å². The number of carbonyl (C=O) groups excluding carboxylic acids is 1. The molecular formula is C15H16N4O3S. The van der Waals surface area contributed by atoms with Crippen molar-refractivity contribution in [1.29, 1.82) is 0 Å². The lowest BCUT2D eigenvalue weighted by Gasteiger charge is -2.25. The van der Waals surface area contributed by atoms with E-state index in [1.54, 1.807) is 17.6 Å².